The van der Waals surface area contributed by atoms with Crippen LogP contribution in [-0.4, -0.2) is 36.0 Å². The van der Waals surface area contributed by atoms with Crippen LogP contribution in [0.3, 0.4) is 0 Å². The summed E-state index contributed by atoms with van der Waals surface area (Å²) < 4.78 is 26.2. The van der Waals surface area contributed by atoms with Crippen LogP contribution in [0.5, 0.6) is 0 Å². The van der Waals surface area contributed by atoms with Gasteiger partial charge in [-0.3, -0.25) is 5.10 Å². The van der Waals surface area contributed by atoms with Crippen LogP contribution in [0.1, 0.15) is 32.8 Å². The Morgan fingerprint density at radius 2 is 2.06 bits per heavy atom. The van der Waals surface area contributed by atoms with Gasteiger partial charge in [0.15, 0.2) is 5.03 Å². The average Bonchev–Trinajstić information content (AvgIpc) is 2.75. The minimum atomic E-state index is -3.55. The van der Waals surface area contributed by atoms with Gasteiger partial charge in [0.2, 0.25) is 0 Å². The molecule has 0 bridgehead atoms. The Labute approximate surface area is 114 Å². The Morgan fingerprint density at radius 1 is 1.44 bits per heavy atom. The summed E-state index contributed by atoms with van der Waals surface area (Å²) in [4.78, 5) is 0. The smallest absolute Gasteiger partial charge is 0.260 e. The minimum absolute atomic E-state index is 0.0681. The first kappa shape index (κ1) is 15.5. The number of rotatable bonds is 6. The van der Waals surface area contributed by atoms with Gasteiger partial charge in [-0.05, 0) is 19.3 Å². The summed E-state index contributed by atoms with van der Waals surface area (Å²) in [7, 11) is -1.97. The van der Waals surface area contributed by atoms with Crippen LogP contribution >= 0.6 is 11.6 Å². The molecule has 1 heterocycles. The fourth-order valence-corrected chi connectivity index (χ4v) is 3.58. The lowest BCUT2D eigenvalue weighted by atomic mass is 10.1. The van der Waals surface area contributed by atoms with Crippen molar-refractivity contribution in [2.45, 2.75) is 44.1 Å². The Bertz CT molecular complexity index is 484. The molecule has 1 atom stereocenters. The van der Waals surface area contributed by atoms with E-state index in [0.717, 1.165) is 6.42 Å². The Morgan fingerprint density at radius 3 is 2.56 bits per heavy atom. The highest BCUT2D eigenvalue weighted by Crippen LogP contribution is 2.21. The molecule has 1 aromatic heterocycles. The first-order valence-corrected chi connectivity index (χ1v) is 7.84. The first-order chi connectivity index (χ1) is 8.30. The second kappa shape index (κ2) is 6.04. The molecule has 0 aromatic carbocycles. The zero-order chi connectivity index (χ0) is 13.9. The lowest BCUT2D eigenvalue weighted by molar-refractivity contribution is 0.336. The third-order valence-corrected chi connectivity index (χ3v) is 5.17. The first-order valence-electron chi connectivity index (χ1n) is 5.87. The highest BCUT2D eigenvalue weighted by Gasteiger charge is 2.29. The molecule has 0 saturated heterocycles. The van der Waals surface area contributed by atoms with Crippen molar-refractivity contribution >= 4 is 21.6 Å². The van der Waals surface area contributed by atoms with E-state index in [-0.39, 0.29) is 16.9 Å². The lowest BCUT2D eigenvalue weighted by Crippen LogP contribution is -2.36. The molecule has 1 N–H and O–H groups in total. The molecule has 0 radical (unpaired) electrons. The fourth-order valence-electron chi connectivity index (χ4n) is 1.83. The number of aromatic nitrogens is 2. The van der Waals surface area contributed by atoms with Crippen LogP contribution in [0.15, 0.2) is 11.2 Å². The Balaban J connectivity index is 3.00. The van der Waals surface area contributed by atoms with Crippen LogP contribution in [0.4, 0.5) is 0 Å². The summed E-state index contributed by atoms with van der Waals surface area (Å²) in [6.07, 6.45) is 2.25. The fraction of sp³-hybridized carbons (Fsp3) is 0.727. The van der Waals surface area contributed by atoms with E-state index in [1.165, 1.54) is 10.5 Å². The van der Waals surface area contributed by atoms with E-state index >= 15 is 0 Å². The molecule has 5 nitrogen and oxygen atoms in total. The molecule has 0 aliphatic heterocycles. The molecular weight excluding hydrogens is 274 g/mol. The molecule has 0 saturated carbocycles. The van der Waals surface area contributed by atoms with Gasteiger partial charge in [0.25, 0.3) is 10.0 Å². The van der Waals surface area contributed by atoms with Gasteiger partial charge in [-0.1, -0.05) is 13.8 Å². The standard InChI is InChI=1S/C11H20ClN3O2S/c1-8(2)5-9(3)15(4)18(16,17)11-10(6-12)7-13-14-11/h7-9H,5-6H2,1-4H3,(H,13,14). The zero-order valence-corrected chi connectivity index (χ0v) is 12.7. The van der Waals surface area contributed by atoms with Crippen LogP contribution in [0, 0.1) is 5.92 Å². The molecule has 0 fully saturated rings. The van der Waals surface area contributed by atoms with Crippen molar-refractivity contribution in [2.75, 3.05) is 7.05 Å². The summed E-state index contributed by atoms with van der Waals surface area (Å²) in [5, 5.41) is 6.36. The van der Waals surface area contributed by atoms with Gasteiger partial charge in [0.1, 0.15) is 0 Å². The highest BCUT2D eigenvalue weighted by atomic mass is 35.5. The molecule has 104 valence electrons. The van der Waals surface area contributed by atoms with Crippen molar-refractivity contribution < 1.29 is 8.42 Å². The SMILES string of the molecule is CC(C)CC(C)N(C)S(=O)(=O)c1[nH]ncc1CCl. The molecule has 0 aliphatic rings. The van der Waals surface area contributed by atoms with E-state index < -0.39 is 10.0 Å². The Hall–Kier alpha value is -0.590. The zero-order valence-electron chi connectivity index (χ0n) is 11.1. The molecular formula is C11H20ClN3O2S. The number of nitrogens with one attached hydrogen (secondary N) is 1. The van der Waals surface area contributed by atoms with E-state index in [1.54, 1.807) is 7.05 Å². The van der Waals surface area contributed by atoms with E-state index in [0.29, 0.717) is 11.5 Å². The highest BCUT2D eigenvalue weighted by molar-refractivity contribution is 7.89. The normalized spacial score (nSPS) is 14.4. The van der Waals surface area contributed by atoms with Crippen LogP contribution in [0.25, 0.3) is 0 Å². The van der Waals surface area contributed by atoms with Crippen molar-refractivity contribution in [3.8, 4) is 0 Å². The van der Waals surface area contributed by atoms with E-state index in [1.807, 2.05) is 6.92 Å². The molecule has 7 heteroatoms. The van der Waals surface area contributed by atoms with Crippen LogP contribution < -0.4 is 0 Å². The maximum absolute atomic E-state index is 12.4. The third kappa shape index (κ3) is 3.24. The number of H-pyrrole nitrogens is 1. The van der Waals surface area contributed by atoms with Gasteiger partial charge in [0, 0.05) is 18.7 Å². The maximum atomic E-state index is 12.4. The number of hydrogen-bond donors (Lipinski definition) is 1. The van der Waals surface area contributed by atoms with Gasteiger partial charge in [-0.15, -0.1) is 11.6 Å². The number of sulfonamides is 1. The number of halogens is 1. The van der Waals surface area contributed by atoms with E-state index in [2.05, 4.69) is 24.0 Å². The number of hydrogen-bond acceptors (Lipinski definition) is 3. The van der Waals surface area contributed by atoms with Crippen molar-refractivity contribution in [1.29, 1.82) is 0 Å². The van der Waals surface area contributed by atoms with Crippen LogP contribution in [-0.2, 0) is 15.9 Å². The third-order valence-electron chi connectivity index (χ3n) is 2.89. The van der Waals surface area contributed by atoms with Crippen molar-refractivity contribution in [3.05, 3.63) is 11.8 Å². The molecule has 0 aliphatic carbocycles. The summed E-state index contributed by atoms with van der Waals surface area (Å²) in [5.74, 6) is 0.559. The monoisotopic (exact) mass is 293 g/mol. The predicted octanol–water partition coefficient (Wildman–Crippen LogP) is 2.20. The van der Waals surface area contributed by atoms with Gasteiger partial charge >= 0.3 is 0 Å². The van der Waals surface area contributed by atoms with Crippen LogP contribution in [0.2, 0.25) is 0 Å². The van der Waals surface area contributed by atoms with Gasteiger partial charge in [0.05, 0.1) is 12.1 Å². The van der Waals surface area contributed by atoms with E-state index in [9.17, 15) is 8.42 Å². The average molecular weight is 294 g/mol. The van der Waals surface area contributed by atoms with Crippen molar-refractivity contribution in [2.24, 2.45) is 5.92 Å². The topological polar surface area (TPSA) is 66.1 Å². The molecule has 0 spiro atoms. The molecule has 18 heavy (non-hydrogen) atoms. The number of aromatic amines is 1. The largest absolute Gasteiger partial charge is 0.266 e. The van der Waals surface area contributed by atoms with Gasteiger partial charge in [-0.25, -0.2) is 8.42 Å². The summed E-state index contributed by atoms with van der Waals surface area (Å²) >= 11 is 5.71. The summed E-state index contributed by atoms with van der Waals surface area (Å²) in [6.45, 7) is 6.03. The molecule has 1 rings (SSSR count). The lowest BCUT2D eigenvalue weighted by Gasteiger charge is -2.25. The Kier molecular flexibility index (Phi) is 5.19. The minimum Gasteiger partial charge on any atom is -0.266 e. The second-order valence-electron chi connectivity index (χ2n) is 4.86. The summed E-state index contributed by atoms with van der Waals surface area (Å²) in [5.41, 5.74) is 0.500. The number of nitrogens with zero attached hydrogens (tertiary/aromatic N) is 2. The predicted molar refractivity (Wildman–Crippen MR) is 72.0 cm³/mol. The maximum Gasteiger partial charge on any atom is 0.260 e. The molecule has 1 unspecified atom stereocenters. The van der Waals surface area contributed by atoms with Crippen molar-refractivity contribution in [1.82, 2.24) is 14.5 Å². The van der Waals surface area contributed by atoms with Crippen molar-refractivity contribution in [3.63, 3.8) is 0 Å². The van der Waals surface area contributed by atoms with E-state index in [4.69, 9.17) is 11.6 Å². The molecule has 0 amide bonds. The number of alkyl halides is 1. The van der Waals surface area contributed by atoms with Gasteiger partial charge < -0.3 is 0 Å². The van der Waals surface area contributed by atoms with Gasteiger partial charge in [-0.2, -0.15) is 9.40 Å². The second-order valence-corrected chi connectivity index (χ2v) is 7.06. The summed E-state index contributed by atoms with van der Waals surface area (Å²) in [6, 6.07) is -0.0681. The quantitative estimate of drug-likeness (QED) is 0.818. The molecule has 1 aromatic rings.